The van der Waals surface area contributed by atoms with Gasteiger partial charge in [-0.15, -0.1) is 11.3 Å². The van der Waals surface area contributed by atoms with Crippen molar-refractivity contribution >= 4 is 42.9 Å². The number of benzene rings is 6. The average Bonchev–Trinajstić information content (AvgIpc) is 3.37. The minimum Gasteiger partial charge on any atom is -0.356 e. The molecule has 1 nitrogen and oxygen atoms in total. The van der Waals surface area contributed by atoms with Gasteiger partial charge in [0.2, 0.25) is 0 Å². The molecule has 1 heterocycles. The molecule has 7 rings (SSSR count). The van der Waals surface area contributed by atoms with E-state index in [4.69, 9.17) is 0 Å². The summed E-state index contributed by atoms with van der Waals surface area (Å²) in [6, 6.07) is 52.0. The van der Waals surface area contributed by atoms with Gasteiger partial charge in [0.1, 0.15) is 0 Å². The first-order valence-electron chi connectivity index (χ1n) is 12.9. The largest absolute Gasteiger partial charge is 0.356 e. The fourth-order valence-electron chi connectivity index (χ4n) is 5.12. The van der Waals surface area contributed by atoms with Gasteiger partial charge in [-0.05, 0) is 63.7 Å². The SMILES string of the molecule is c1ccc(-c2ccc(-c3ccc(Nc4ccc5sc6c(-c7ccccc7)cccc6c5c4)cc3)cc2)cc1. The Bertz CT molecular complexity index is 1850. The van der Waals surface area contributed by atoms with Gasteiger partial charge in [0.05, 0.1) is 0 Å². The van der Waals surface area contributed by atoms with Crippen LogP contribution in [0.5, 0.6) is 0 Å². The Hall–Kier alpha value is -4.66. The smallest absolute Gasteiger partial charge is 0.0433 e. The highest BCUT2D eigenvalue weighted by atomic mass is 32.1. The van der Waals surface area contributed by atoms with Crippen LogP contribution in [0.4, 0.5) is 11.4 Å². The predicted molar refractivity (Wildman–Crippen MR) is 165 cm³/mol. The van der Waals surface area contributed by atoms with Crippen molar-refractivity contribution < 1.29 is 0 Å². The van der Waals surface area contributed by atoms with Gasteiger partial charge in [-0.2, -0.15) is 0 Å². The zero-order chi connectivity index (χ0) is 25.3. The molecule has 0 saturated heterocycles. The van der Waals surface area contributed by atoms with Gasteiger partial charge < -0.3 is 5.32 Å². The molecule has 1 aromatic heterocycles. The van der Waals surface area contributed by atoms with Crippen molar-refractivity contribution in [1.82, 2.24) is 0 Å². The maximum absolute atomic E-state index is 3.61. The van der Waals surface area contributed by atoms with E-state index >= 15 is 0 Å². The molecule has 0 aliphatic rings. The molecule has 6 aromatic carbocycles. The number of anilines is 2. The van der Waals surface area contributed by atoms with Crippen molar-refractivity contribution in [2.24, 2.45) is 0 Å². The highest BCUT2D eigenvalue weighted by molar-refractivity contribution is 7.26. The third kappa shape index (κ3) is 4.26. The quantitative estimate of drug-likeness (QED) is 0.246. The number of nitrogens with one attached hydrogen (secondary N) is 1. The van der Waals surface area contributed by atoms with E-state index in [-0.39, 0.29) is 0 Å². The summed E-state index contributed by atoms with van der Waals surface area (Å²) >= 11 is 1.87. The van der Waals surface area contributed by atoms with Crippen LogP contribution in [0.15, 0.2) is 146 Å². The molecule has 1 N–H and O–H groups in total. The monoisotopic (exact) mass is 503 g/mol. The summed E-state index contributed by atoms with van der Waals surface area (Å²) in [5.41, 5.74) is 9.65. The first-order valence-corrected chi connectivity index (χ1v) is 13.7. The standard InChI is InChI=1S/C36H25NS/c1-3-8-25(9-4-1)26-14-16-27(17-15-26)28-18-20-30(21-19-28)37-31-22-23-35-34(24-31)33-13-7-12-32(36(33)38-35)29-10-5-2-6-11-29/h1-24,37H. The van der Waals surface area contributed by atoms with Crippen LogP contribution in [0.2, 0.25) is 0 Å². The Morgan fingerprint density at radius 3 is 1.61 bits per heavy atom. The number of thiophene rings is 1. The molecule has 0 saturated carbocycles. The van der Waals surface area contributed by atoms with Crippen LogP contribution in [0, 0.1) is 0 Å². The number of hydrogen-bond acceptors (Lipinski definition) is 2. The highest BCUT2D eigenvalue weighted by Crippen LogP contribution is 2.41. The van der Waals surface area contributed by atoms with Crippen LogP contribution in [0.25, 0.3) is 53.6 Å². The molecule has 0 aliphatic carbocycles. The van der Waals surface area contributed by atoms with Crippen molar-refractivity contribution in [2.75, 3.05) is 5.32 Å². The summed E-state index contributed by atoms with van der Waals surface area (Å²) in [6.07, 6.45) is 0. The molecule has 0 atom stereocenters. The van der Waals surface area contributed by atoms with E-state index in [0.29, 0.717) is 0 Å². The molecule has 2 heteroatoms. The van der Waals surface area contributed by atoms with E-state index in [1.54, 1.807) is 0 Å². The Morgan fingerprint density at radius 1 is 0.395 bits per heavy atom. The lowest BCUT2D eigenvalue weighted by atomic mass is 10.0. The van der Waals surface area contributed by atoms with Crippen molar-refractivity contribution in [1.29, 1.82) is 0 Å². The molecule has 0 aliphatic heterocycles. The van der Waals surface area contributed by atoms with Crippen LogP contribution >= 0.6 is 11.3 Å². The van der Waals surface area contributed by atoms with Crippen molar-refractivity contribution in [3.8, 4) is 33.4 Å². The van der Waals surface area contributed by atoms with Gasteiger partial charge in [0.25, 0.3) is 0 Å². The topological polar surface area (TPSA) is 12.0 Å². The second-order valence-corrected chi connectivity index (χ2v) is 10.6. The highest BCUT2D eigenvalue weighted by Gasteiger charge is 2.11. The Morgan fingerprint density at radius 2 is 0.947 bits per heavy atom. The number of rotatable bonds is 5. The molecule has 0 radical (unpaired) electrons. The van der Waals surface area contributed by atoms with Crippen LogP contribution in [-0.4, -0.2) is 0 Å². The summed E-state index contributed by atoms with van der Waals surface area (Å²) in [6.45, 7) is 0. The van der Waals surface area contributed by atoms with Crippen LogP contribution in [0.1, 0.15) is 0 Å². The minimum atomic E-state index is 1.08. The lowest BCUT2D eigenvalue weighted by molar-refractivity contribution is 1.55. The van der Waals surface area contributed by atoms with E-state index in [1.165, 1.54) is 53.6 Å². The van der Waals surface area contributed by atoms with Gasteiger partial charge in [-0.3, -0.25) is 0 Å². The van der Waals surface area contributed by atoms with Gasteiger partial charge in [-0.25, -0.2) is 0 Å². The normalized spacial score (nSPS) is 11.2. The molecule has 38 heavy (non-hydrogen) atoms. The molecular formula is C36H25NS. The van der Waals surface area contributed by atoms with Crippen LogP contribution in [0.3, 0.4) is 0 Å². The van der Waals surface area contributed by atoms with Crippen LogP contribution in [-0.2, 0) is 0 Å². The maximum atomic E-state index is 3.61. The number of hydrogen-bond donors (Lipinski definition) is 1. The second-order valence-electron chi connectivity index (χ2n) is 9.51. The fraction of sp³-hybridized carbons (Fsp3) is 0. The summed E-state index contributed by atoms with van der Waals surface area (Å²) < 4.78 is 2.65. The van der Waals surface area contributed by atoms with E-state index in [1.807, 2.05) is 11.3 Å². The minimum absolute atomic E-state index is 1.08. The zero-order valence-corrected chi connectivity index (χ0v) is 21.6. The molecule has 180 valence electrons. The summed E-state index contributed by atoms with van der Waals surface area (Å²) in [4.78, 5) is 0. The van der Waals surface area contributed by atoms with E-state index in [9.17, 15) is 0 Å². The molecule has 0 bridgehead atoms. The molecule has 0 spiro atoms. The number of fused-ring (bicyclic) bond motifs is 3. The van der Waals surface area contributed by atoms with E-state index < -0.39 is 0 Å². The molecule has 0 unspecified atom stereocenters. The van der Waals surface area contributed by atoms with E-state index in [0.717, 1.165) is 11.4 Å². The lowest BCUT2D eigenvalue weighted by Gasteiger charge is -2.09. The fourth-order valence-corrected chi connectivity index (χ4v) is 6.34. The third-order valence-electron chi connectivity index (χ3n) is 7.08. The van der Waals surface area contributed by atoms with Gasteiger partial charge >= 0.3 is 0 Å². The first-order chi connectivity index (χ1) is 18.8. The Kier molecular flexibility index (Phi) is 5.73. The third-order valence-corrected chi connectivity index (χ3v) is 8.30. The van der Waals surface area contributed by atoms with Crippen molar-refractivity contribution in [2.45, 2.75) is 0 Å². The first kappa shape index (κ1) is 22.5. The summed E-state index contributed by atoms with van der Waals surface area (Å²) in [5, 5.41) is 6.21. The second kappa shape index (κ2) is 9.66. The zero-order valence-electron chi connectivity index (χ0n) is 20.8. The molecule has 0 fully saturated rings. The van der Waals surface area contributed by atoms with E-state index in [2.05, 4.69) is 151 Å². The molecular weight excluding hydrogens is 478 g/mol. The van der Waals surface area contributed by atoms with Gasteiger partial charge in [-0.1, -0.05) is 115 Å². The molecule has 7 aromatic rings. The molecule has 0 amide bonds. The Balaban J connectivity index is 1.15. The van der Waals surface area contributed by atoms with Gasteiger partial charge in [0, 0.05) is 31.5 Å². The van der Waals surface area contributed by atoms with Gasteiger partial charge in [0.15, 0.2) is 0 Å². The van der Waals surface area contributed by atoms with Crippen LogP contribution < -0.4 is 5.32 Å². The van der Waals surface area contributed by atoms with Crippen molar-refractivity contribution in [3.63, 3.8) is 0 Å². The summed E-state index contributed by atoms with van der Waals surface area (Å²) in [7, 11) is 0. The average molecular weight is 504 g/mol. The lowest BCUT2D eigenvalue weighted by Crippen LogP contribution is -1.90. The van der Waals surface area contributed by atoms with Crippen molar-refractivity contribution in [3.05, 3.63) is 146 Å². The predicted octanol–water partition coefficient (Wildman–Crippen LogP) is 10.8. The Labute approximate surface area is 226 Å². The summed E-state index contributed by atoms with van der Waals surface area (Å²) in [5.74, 6) is 0. The maximum Gasteiger partial charge on any atom is 0.0433 e.